The number of hydrogen-bond donors (Lipinski definition) is 2. The minimum absolute atomic E-state index is 0.248. The zero-order chi connectivity index (χ0) is 11.5. The Morgan fingerprint density at radius 3 is 2.73 bits per heavy atom. The molecule has 0 amide bonds. The smallest absolute Gasteiger partial charge is 0.160 e. The Labute approximate surface area is 90.8 Å². The van der Waals surface area contributed by atoms with Crippen molar-refractivity contribution in [1.29, 1.82) is 0 Å². The Bertz CT molecular complexity index is 331. The first-order chi connectivity index (χ1) is 6.92. The summed E-state index contributed by atoms with van der Waals surface area (Å²) >= 11 is 0. The molecule has 84 valence electrons. The third kappa shape index (κ3) is 3.75. The normalized spacial score (nSPS) is 11.3. The summed E-state index contributed by atoms with van der Waals surface area (Å²) in [6, 6.07) is 1.95. The Balaban J connectivity index is 2.79. The average Bonchev–Trinajstić information content (AvgIpc) is 2.14. The van der Waals surface area contributed by atoms with Gasteiger partial charge in [0.15, 0.2) is 5.75 Å². The van der Waals surface area contributed by atoms with E-state index in [4.69, 9.17) is 10.5 Å². The number of anilines is 1. The van der Waals surface area contributed by atoms with Gasteiger partial charge in [-0.05, 0) is 26.8 Å². The first kappa shape index (κ1) is 11.8. The predicted molar refractivity (Wildman–Crippen MR) is 62.3 cm³/mol. The van der Waals surface area contributed by atoms with Crippen LogP contribution in [-0.4, -0.2) is 24.2 Å². The highest BCUT2D eigenvalue weighted by molar-refractivity contribution is 5.56. The lowest BCUT2D eigenvalue weighted by molar-refractivity contribution is 0.413. The summed E-state index contributed by atoms with van der Waals surface area (Å²) in [6.45, 7) is 6.58. The zero-order valence-electron chi connectivity index (χ0n) is 9.79. The lowest BCUT2D eigenvalue weighted by atomic mass is 10.1. The molecule has 0 bridgehead atoms. The van der Waals surface area contributed by atoms with Gasteiger partial charge < -0.3 is 15.8 Å². The van der Waals surface area contributed by atoms with Gasteiger partial charge in [-0.1, -0.05) is 0 Å². The topological polar surface area (TPSA) is 60.2 Å². The molecule has 0 atom stereocenters. The highest BCUT2D eigenvalue weighted by atomic mass is 16.5. The van der Waals surface area contributed by atoms with Crippen LogP contribution in [0.5, 0.6) is 5.75 Å². The Morgan fingerprint density at radius 1 is 1.53 bits per heavy atom. The van der Waals surface area contributed by atoms with Crippen molar-refractivity contribution in [2.75, 3.05) is 19.0 Å². The third-order valence-corrected chi connectivity index (χ3v) is 1.96. The Kier molecular flexibility index (Phi) is 3.52. The molecule has 0 spiro atoms. The summed E-state index contributed by atoms with van der Waals surface area (Å²) < 4.78 is 5.20. The third-order valence-electron chi connectivity index (χ3n) is 1.96. The molecule has 4 nitrogen and oxygen atoms in total. The van der Waals surface area contributed by atoms with Crippen LogP contribution in [0.2, 0.25) is 0 Å². The van der Waals surface area contributed by atoms with E-state index in [1.807, 2.05) is 26.8 Å². The van der Waals surface area contributed by atoms with Gasteiger partial charge in [0.05, 0.1) is 19.0 Å². The molecule has 0 radical (unpaired) electrons. The number of ether oxygens (including phenoxy) is 1. The van der Waals surface area contributed by atoms with Gasteiger partial charge in [-0.15, -0.1) is 0 Å². The quantitative estimate of drug-likeness (QED) is 0.789. The fourth-order valence-electron chi connectivity index (χ4n) is 1.17. The summed E-state index contributed by atoms with van der Waals surface area (Å²) in [4.78, 5) is 4.16. The molecule has 1 heterocycles. The van der Waals surface area contributed by atoms with Crippen LogP contribution in [0, 0.1) is 6.92 Å². The number of nitrogens with one attached hydrogen (secondary N) is 1. The van der Waals surface area contributed by atoms with Gasteiger partial charge in [0, 0.05) is 17.8 Å². The van der Waals surface area contributed by atoms with E-state index >= 15 is 0 Å². The molecule has 4 heteroatoms. The second kappa shape index (κ2) is 4.49. The summed E-state index contributed by atoms with van der Waals surface area (Å²) in [5.74, 6) is 0.741. The minimum atomic E-state index is -0.248. The first-order valence-corrected chi connectivity index (χ1v) is 4.96. The molecule has 1 aromatic heterocycles. The van der Waals surface area contributed by atoms with Crippen molar-refractivity contribution >= 4 is 5.69 Å². The van der Waals surface area contributed by atoms with Crippen molar-refractivity contribution in [1.82, 2.24) is 4.98 Å². The Hall–Kier alpha value is -1.29. The maximum atomic E-state index is 5.89. The molecule has 3 N–H and O–H groups in total. The molecule has 0 unspecified atom stereocenters. The van der Waals surface area contributed by atoms with Crippen LogP contribution in [0.15, 0.2) is 12.3 Å². The number of pyridine rings is 1. The van der Waals surface area contributed by atoms with E-state index in [-0.39, 0.29) is 5.54 Å². The average molecular weight is 209 g/mol. The van der Waals surface area contributed by atoms with Crippen LogP contribution < -0.4 is 15.8 Å². The summed E-state index contributed by atoms with van der Waals surface area (Å²) in [7, 11) is 1.63. The largest absolute Gasteiger partial charge is 0.493 e. The van der Waals surface area contributed by atoms with Crippen molar-refractivity contribution in [2.45, 2.75) is 26.3 Å². The van der Waals surface area contributed by atoms with Crippen LogP contribution >= 0.6 is 0 Å². The summed E-state index contributed by atoms with van der Waals surface area (Å²) in [6.07, 6.45) is 1.71. The monoisotopic (exact) mass is 209 g/mol. The van der Waals surface area contributed by atoms with Crippen molar-refractivity contribution < 1.29 is 4.74 Å². The molecule has 0 aliphatic carbocycles. The van der Waals surface area contributed by atoms with Crippen LogP contribution in [0.25, 0.3) is 0 Å². The maximum absolute atomic E-state index is 5.89. The van der Waals surface area contributed by atoms with E-state index in [9.17, 15) is 0 Å². The lowest BCUT2D eigenvalue weighted by Crippen LogP contribution is -2.39. The number of hydrogen-bond acceptors (Lipinski definition) is 4. The molecule has 1 aromatic rings. The molecule has 1 rings (SSSR count). The number of aromatic nitrogens is 1. The van der Waals surface area contributed by atoms with Crippen LogP contribution in [0.1, 0.15) is 19.5 Å². The zero-order valence-corrected chi connectivity index (χ0v) is 9.79. The van der Waals surface area contributed by atoms with E-state index in [1.165, 1.54) is 0 Å². The van der Waals surface area contributed by atoms with Gasteiger partial charge in [-0.25, -0.2) is 0 Å². The molecule has 0 aliphatic rings. The van der Waals surface area contributed by atoms with E-state index in [1.54, 1.807) is 13.3 Å². The number of nitrogens with zero attached hydrogens (tertiary/aromatic N) is 1. The highest BCUT2D eigenvalue weighted by Gasteiger charge is 2.11. The number of nitrogens with two attached hydrogens (primary N) is 1. The van der Waals surface area contributed by atoms with Crippen LogP contribution in [0.4, 0.5) is 5.69 Å². The SMILES string of the molecule is COc1cnc(C)cc1NCC(C)(C)N. The van der Waals surface area contributed by atoms with Crippen LogP contribution in [-0.2, 0) is 0 Å². The van der Waals surface area contributed by atoms with E-state index < -0.39 is 0 Å². The molecule has 0 saturated carbocycles. The maximum Gasteiger partial charge on any atom is 0.160 e. The fraction of sp³-hybridized carbons (Fsp3) is 0.545. The van der Waals surface area contributed by atoms with Crippen LogP contribution in [0.3, 0.4) is 0 Å². The molecule has 15 heavy (non-hydrogen) atoms. The summed E-state index contributed by atoms with van der Waals surface area (Å²) in [5, 5.41) is 3.25. The Morgan fingerprint density at radius 2 is 2.20 bits per heavy atom. The molecule has 0 saturated heterocycles. The molecular formula is C11H19N3O. The lowest BCUT2D eigenvalue weighted by Gasteiger charge is -2.20. The number of rotatable bonds is 4. The van der Waals surface area contributed by atoms with Gasteiger partial charge in [-0.3, -0.25) is 4.98 Å². The van der Waals surface area contributed by atoms with Crippen molar-refractivity contribution in [3.63, 3.8) is 0 Å². The second-order valence-corrected chi connectivity index (χ2v) is 4.37. The van der Waals surface area contributed by atoms with E-state index in [0.717, 1.165) is 17.1 Å². The second-order valence-electron chi connectivity index (χ2n) is 4.37. The van der Waals surface area contributed by atoms with Crippen molar-refractivity contribution in [2.24, 2.45) is 5.73 Å². The van der Waals surface area contributed by atoms with Gasteiger partial charge in [0.1, 0.15) is 0 Å². The molecule has 0 aromatic carbocycles. The number of methoxy groups -OCH3 is 1. The molecule has 0 aliphatic heterocycles. The van der Waals surface area contributed by atoms with E-state index in [0.29, 0.717) is 6.54 Å². The molecule has 0 fully saturated rings. The molecular weight excluding hydrogens is 190 g/mol. The van der Waals surface area contributed by atoms with Gasteiger partial charge in [0.2, 0.25) is 0 Å². The number of aryl methyl sites for hydroxylation is 1. The standard InChI is InChI=1S/C11H19N3O/c1-8-5-9(10(15-4)6-13-8)14-7-11(2,3)12/h5-6H,7,12H2,1-4H3,(H,13,14). The van der Waals surface area contributed by atoms with Gasteiger partial charge >= 0.3 is 0 Å². The van der Waals surface area contributed by atoms with E-state index in [2.05, 4.69) is 10.3 Å². The minimum Gasteiger partial charge on any atom is -0.493 e. The van der Waals surface area contributed by atoms with Gasteiger partial charge in [-0.2, -0.15) is 0 Å². The predicted octanol–water partition coefficient (Wildman–Crippen LogP) is 1.55. The van der Waals surface area contributed by atoms with Crippen molar-refractivity contribution in [3.05, 3.63) is 18.0 Å². The highest BCUT2D eigenvalue weighted by Crippen LogP contribution is 2.23. The summed E-state index contributed by atoms with van der Waals surface area (Å²) in [5.41, 5.74) is 7.53. The van der Waals surface area contributed by atoms with Gasteiger partial charge in [0.25, 0.3) is 0 Å². The van der Waals surface area contributed by atoms with Crippen molar-refractivity contribution in [3.8, 4) is 5.75 Å². The fourth-order valence-corrected chi connectivity index (χ4v) is 1.17. The first-order valence-electron chi connectivity index (χ1n) is 4.96.